The van der Waals surface area contributed by atoms with E-state index in [0.717, 1.165) is 10.2 Å². The molecule has 0 aliphatic heterocycles. The van der Waals surface area contributed by atoms with Crippen LogP contribution in [-0.2, 0) is 0 Å². The van der Waals surface area contributed by atoms with Gasteiger partial charge >= 0.3 is 5.97 Å². The van der Waals surface area contributed by atoms with Gasteiger partial charge in [-0.15, -0.1) is 0 Å². The molecule has 0 atom stereocenters. The number of carbonyl (C=O) groups is 1. The van der Waals surface area contributed by atoms with E-state index in [9.17, 15) is 9.90 Å². The van der Waals surface area contributed by atoms with Crippen molar-refractivity contribution in [3.05, 3.63) is 56.5 Å². The smallest absolute Gasteiger partial charge is 0.337 e. The normalized spacial score (nSPS) is 10.3. The van der Waals surface area contributed by atoms with E-state index >= 15 is 0 Å². The van der Waals surface area contributed by atoms with E-state index in [-0.39, 0.29) is 15.6 Å². The van der Waals surface area contributed by atoms with Gasteiger partial charge in [-0.3, -0.25) is 0 Å². The van der Waals surface area contributed by atoms with Crippen LogP contribution in [-0.4, -0.2) is 11.1 Å². The van der Waals surface area contributed by atoms with Gasteiger partial charge in [-0.1, -0.05) is 45.2 Å². The molecular weight excluding hydrogens is 353 g/mol. The first-order valence-corrected chi connectivity index (χ1v) is 6.77. The number of rotatable bonds is 3. The SMILES string of the molecule is O=C(O)c1cc(Cl)cc(Cl)c1Nc1cccc(Br)c1. The second-order valence-electron chi connectivity index (χ2n) is 3.75. The Bertz CT molecular complexity index is 647. The van der Waals surface area contributed by atoms with Gasteiger partial charge in [0.25, 0.3) is 0 Å². The lowest BCUT2D eigenvalue weighted by atomic mass is 10.1. The second-order valence-corrected chi connectivity index (χ2v) is 5.51. The molecule has 0 bridgehead atoms. The molecule has 0 unspecified atom stereocenters. The summed E-state index contributed by atoms with van der Waals surface area (Å²) in [5, 5.41) is 12.7. The number of benzene rings is 2. The van der Waals surface area contributed by atoms with Crippen LogP contribution in [0.2, 0.25) is 10.0 Å². The van der Waals surface area contributed by atoms with Gasteiger partial charge in [-0.05, 0) is 30.3 Å². The quantitative estimate of drug-likeness (QED) is 0.791. The van der Waals surface area contributed by atoms with Crippen molar-refractivity contribution in [2.24, 2.45) is 0 Å². The molecule has 0 heterocycles. The fourth-order valence-corrected chi connectivity index (χ4v) is 2.52. The van der Waals surface area contributed by atoms with Crippen molar-refractivity contribution in [1.82, 2.24) is 0 Å². The summed E-state index contributed by atoms with van der Waals surface area (Å²) in [4.78, 5) is 11.2. The number of carboxylic acid groups (broad SMARTS) is 1. The molecule has 0 amide bonds. The summed E-state index contributed by atoms with van der Waals surface area (Å²) < 4.78 is 0.875. The van der Waals surface area contributed by atoms with Crippen LogP contribution in [0.25, 0.3) is 0 Å². The van der Waals surface area contributed by atoms with Gasteiger partial charge in [-0.2, -0.15) is 0 Å². The largest absolute Gasteiger partial charge is 0.478 e. The minimum absolute atomic E-state index is 0.0254. The highest BCUT2D eigenvalue weighted by Gasteiger charge is 2.15. The van der Waals surface area contributed by atoms with E-state index in [1.807, 2.05) is 18.2 Å². The molecule has 0 fully saturated rings. The molecule has 2 aromatic carbocycles. The van der Waals surface area contributed by atoms with Crippen LogP contribution < -0.4 is 5.32 Å². The molecule has 6 heteroatoms. The van der Waals surface area contributed by atoms with Crippen LogP contribution in [0.5, 0.6) is 0 Å². The van der Waals surface area contributed by atoms with E-state index in [4.69, 9.17) is 23.2 Å². The molecule has 3 nitrogen and oxygen atoms in total. The van der Waals surface area contributed by atoms with E-state index in [1.54, 1.807) is 6.07 Å². The average molecular weight is 361 g/mol. The number of carboxylic acids is 1. The second kappa shape index (κ2) is 5.82. The van der Waals surface area contributed by atoms with E-state index in [2.05, 4.69) is 21.2 Å². The molecule has 0 saturated heterocycles. The first-order valence-electron chi connectivity index (χ1n) is 5.22. The highest BCUT2D eigenvalue weighted by molar-refractivity contribution is 9.10. The first kappa shape index (κ1) is 14.2. The first-order chi connectivity index (χ1) is 8.97. The summed E-state index contributed by atoms with van der Waals surface area (Å²) in [6.45, 7) is 0. The van der Waals surface area contributed by atoms with Crippen LogP contribution in [0.15, 0.2) is 40.9 Å². The lowest BCUT2D eigenvalue weighted by molar-refractivity contribution is 0.0698. The third-order valence-electron chi connectivity index (χ3n) is 2.38. The Morgan fingerprint density at radius 3 is 2.58 bits per heavy atom. The molecule has 0 aliphatic rings. The van der Waals surface area contributed by atoms with E-state index < -0.39 is 5.97 Å². The van der Waals surface area contributed by atoms with Gasteiger partial charge in [0.1, 0.15) is 0 Å². The molecule has 2 rings (SSSR count). The summed E-state index contributed by atoms with van der Waals surface area (Å²) in [5.41, 5.74) is 1.07. The van der Waals surface area contributed by atoms with Gasteiger partial charge in [-0.25, -0.2) is 4.79 Å². The van der Waals surface area contributed by atoms with Crippen molar-refractivity contribution < 1.29 is 9.90 Å². The molecule has 0 spiro atoms. The van der Waals surface area contributed by atoms with Crippen LogP contribution >= 0.6 is 39.1 Å². The average Bonchev–Trinajstić information content (AvgIpc) is 2.32. The standard InChI is InChI=1S/C13H8BrCl2NO2/c14-7-2-1-3-9(4-7)17-12-10(13(18)19)5-8(15)6-11(12)16/h1-6,17H,(H,18,19). The Labute approximate surface area is 128 Å². The van der Waals surface area contributed by atoms with Gasteiger partial charge in [0, 0.05) is 15.2 Å². The summed E-state index contributed by atoms with van der Waals surface area (Å²) in [5.74, 6) is -1.10. The molecule has 0 aromatic heterocycles. The summed E-state index contributed by atoms with van der Waals surface area (Å²) >= 11 is 15.2. The highest BCUT2D eigenvalue weighted by Crippen LogP contribution is 2.33. The zero-order chi connectivity index (χ0) is 14.0. The van der Waals surface area contributed by atoms with Crippen molar-refractivity contribution in [3.8, 4) is 0 Å². The molecule has 0 saturated carbocycles. The lowest BCUT2D eigenvalue weighted by Gasteiger charge is -2.12. The molecule has 2 aromatic rings. The zero-order valence-electron chi connectivity index (χ0n) is 9.45. The molecular formula is C13H8BrCl2NO2. The molecule has 0 radical (unpaired) electrons. The van der Waals surface area contributed by atoms with Gasteiger partial charge < -0.3 is 10.4 Å². The minimum Gasteiger partial charge on any atom is -0.478 e. The van der Waals surface area contributed by atoms with Crippen molar-refractivity contribution in [3.63, 3.8) is 0 Å². The van der Waals surface area contributed by atoms with Crippen LogP contribution in [0.3, 0.4) is 0 Å². The Kier molecular flexibility index (Phi) is 4.34. The topological polar surface area (TPSA) is 49.3 Å². The monoisotopic (exact) mass is 359 g/mol. The maximum absolute atomic E-state index is 11.2. The third kappa shape index (κ3) is 3.41. The maximum Gasteiger partial charge on any atom is 0.337 e. The number of halogens is 3. The van der Waals surface area contributed by atoms with Crippen molar-refractivity contribution in [2.75, 3.05) is 5.32 Å². The van der Waals surface area contributed by atoms with Crippen LogP contribution in [0.1, 0.15) is 10.4 Å². The number of anilines is 2. The third-order valence-corrected chi connectivity index (χ3v) is 3.39. The Morgan fingerprint density at radius 1 is 1.21 bits per heavy atom. The molecule has 2 N–H and O–H groups in total. The fraction of sp³-hybridized carbons (Fsp3) is 0. The summed E-state index contributed by atoms with van der Waals surface area (Å²) in [6, 6.07) is 10.2. The summed E-state index contributed by atoms with van der Waals surface area (Å²) in [6.07, 6.45) is 0. The van der Waals surface area contributed by atoms with Gasteiger partial charge in [0.05, 0.1) is 16.3 Å². The van der Waals surface area contributed by atoms with E-state index in [0.29, 0.717) is 5.69 Å². The number of hydrogen-bond acceptors (Lipinski definition) is 2. The van der Waals surface area contributed by atoms with Crippen molar-refractivity contribution in [1.29, 1.82) is 0 Å². The van der Waals surface area contributed by atoms with E-state index in [1.165, 1.54) is 12.1 Å². The summed E-state index contributed by atoms with van der Waals surface area (Å²) in [7, 11) is 0. The predicted octanol–water partition coefficient (Wildman–Crippen LogP) is 5.20. The highest BCUT2D eigenvalue weighted by atomic mass is 79.9. The molecule has 19 heavy (non-hydrogen) atoms. The predicted molar refractivity (Wildman–Crippen MR) is 80.8 cm³/mol. The molecule has 98 valence electrons. The number of aromatic carboxylic acids is 1. The number of hydrogen-bond donors (Lipinski definition) is 2. The Hall–Kier alpha value is -1.23. The zero-order valence-corrected chi connectivity index (χ0v) is 12.6. The van der Waals surface area contributed by atoms with Crippen molar-refractivity contribution in [2.45, 2.75) is 0 Å². The van der Waals surface area contributed by atoms with Gasteiger partial charge in [0.15, 0.2) is 0 Å². The van der Waals surface area contributed by atoms with Crippen LogP contribution in [0.4, 0.5) is 11.4 Å². The van der Waals surface area contributed by atoms with Crippen LogP contribution in [0, 0.1) is 0 Å². The fourth-order valence-electron chi connectivity index (χ4n) is 1.58. The van der Waals surface area contributed by atoms with Crippen molar-refractivity contribution >= 4 is 56.5 Å². The Balaban J connectivity index is 2.47. The molecule has 0 aliphatic carbocycles. The number of nitrogens with one attached hydrogen (secondary N) is 1. The Morgan fingerprint density at radius 2 is 1.95 bits per heavy atom. The maximum atomic E-state index is 11.2. The lowest BCUT2D eigenvalue weighted by Crippen LogP contribution is -2.03. The minimum atomic E-state index is -1.10. The van der Waals surface area contributed by atoms with Gasteiger partial charge in [0.2, 0.25) is 0 Å².